The average molecular weight is 370 g/mol. The van der Waals surface area contributed by atoms with Gasteiger partial charge in [0.1, 0.15) is 11.6 Å². The summed E-state index contributed by atoms with van der Waals surface area (Å²) in [6, 6.07) is 4.21. The predicted octanol–water partition coefficient (Wildman–Crippen LogP) is 4.40. The van der Waals surface area contributed by atoms with Crippen LogP contribution < -0.4 is 0 Å². The molecule has 0 radical (unpaired) electrons. The zero-order valence-electron chi connectivity index (χ0n) is 13.6. The molecular weight excluding hydrogens is 355 g/mol. The van der Waals surface area contributed by atoms with Gasteiger partial charge in [-0.25, -0.2) is 8.78 Å². The molecule has 1 aromatic heterocycles. The summed E-state index contributed by atoms with van der Waals surface area (Å²) in [5.74, 6) is -3.59. The number of likely N-dealkylation sites (tertiary alicyclic amines) is 1. The first-order valence-electron chi connectivity index (χ1n) is 8.03. The van der Waals surface area contributed by atoms with Gasteiger partial charge >= 0.3 is 6.18 Å². The van der Waals surface area contributed by atoms with Crippen molar-refractivity contribution < 1.29 is 26.7 Å². The van der Waals surface area contributed by atoms with Gasteiger partial charge in [0.15, 0.2) is 0 Å². The van der Waals surface area contributed by atoms with Gasteiger partial charge in [-0.05, 0) is 42.5 Å². The minimum Gasteiger partial charge on any atom is -0.339 e. The summed E-state index contributed by atoms with van der Waals surface area (Å²) < 4.78 is 66.8. The fourth-order valence-electron chi connectivity index (χ4n) is 3.28. The van der Waals surface area contributed by atoms with Crippen LogP contribution in [-0.4, -0.2) is 28.9 Å². The maximum Gasteiger partial charge on any atom is 0.419 e. The van der Waals surface area contributed by atoms with Crippen LogP contribution in [0.4, 0.5) is 22.0 Å². The lowest BCUT2D eigenvalue weighted by Crippen LogP contribution is -2.38. The predicted molar refractivity (Wildman–Crippen MR) is 83.5 cm³/mol. The number of rotatable bonds is 2. The molecule has 2 aromatic rings. The van der Waals surface area contributed by atoms with E-state index in [1.54, 1.807) is 12.1 Å². The maximum absolute atomic E-state index is 13.8. The van der Waals surface area contributed by atoms with Crippen LogP contribution in [0.1, 0.15) is 40.2 Å². The van der Waals surface area contributed by atoms with E-state index in [-0.39, 0.29) is 43.5 Å². The lowest BCUT2D eigenvalue weighted by atomic mass is 9.85. The number of benzene rings is 1. The number of alkyl halides is 3. The van der Waals surface area contributed by atoms with Crippen LogP contribution in [0.25, 0.3) is 0 Å². The number of nitrogens with zero attached hydrogens (tertiary/aromatic N) is 2. The maximum atomic E-state index is 13.8. The van der Waals surface area contributed by atoms with Crippen molar-refractivity contribution in [1.82, 2.24) is 9.88 Å². The molecule has 0 atom stereocenters. The molecule has 1 saturated heterocycles. The number of pyridine rings is 1. The smallest absolute Gasteiger partial charge is 0.339 e. The molecule has 1 fully saturated rings. The molecule has 8 heteroatoms. The summed E-state index contributed by atoms with van der Waals surface area (Å²) in [6.45, 7) is 0.404. The fourth-order valence-corrected chi connectivity index (χ4v) is 3.28. The molecule has 0 aliphatic carbocycles. The molecule has 0 N–H and O–H groups in total. The van der Waals surface area contributed by atoms with Crippen molar-refractivity contribution in [2.24, 2.45) is 0 Å². The second-order valence-corrected chi connectivity index (χ2v) is 6.16. The third kappa shape index (κ3) is 3.68. The van der Waals surface area contributed by atoms with Crippen molar-refractivity contribution in [3.63, 3.8) is 0 Å². The first-order chi connectivity index (χ1) is 12.3. The molecule has 3 nitrogen and oxygen atoms in total. The number of hydrogen-bond acceptors (Lipinski definition) is 2. The molecule has 1 amide bonds. The highest BCUT2D eigenvalue weighted by atomic mass is 19.4. The third-order valence-corrected chi connectivity index (χ3v) is 4.50. The van der Waals surface area contributed by atoms with Crippen LogP contribution in [0, 0.1) is 11.6 Å². The van der Waals surface area contributed by atoms with E-state index in [0.29, 0.717) is 5.56 Å². The Balaban J connectivity index is 1.80. The van der Waals surface area contributed by atoms with Crippen molar-refractivity contribution in [3.05, 3.63) is 65.0 Å². The van der Waals surface area contributed by atoms with Crippen LogP contribution in [0.2, 0.25) is 0 Å². The fraction of sp³-hybridized carbons (Fsp3) is 0.333. The molecular formula is C18H15F5N2O. The molecule has 138 valence electrons. The van der Waals surface area contributed by atoms with Gasteiger partial charge in [-0.15, -0.1) is 0 Å². The summed E-state index contributed by atoms with van der Waals surface area (Å²) in [4.78, 5) is 17.7. The van der Waals surface area contributed by atoms with E-state index in [1.807, 2.05) is 0 Å². The van der Waals surface area contributed by atoms with Gasteiger partial charge in [0.25, 0.3) is 5.91 Å². The molecule has 1 aliphatic rings. The molecule has 1 aliphatic heterocycles. The van der Waals surface area contributed by atoms with Crippen LogP contribution in [0.5, 0.6) is 0 Å². The topological polar surface area (TPSA) is 33.2 Å². The van der Waals surface area contributed by atoms with Crippen molar-refractivity contribution in [2.45, 2.75) is 24.9 Å². The largest absolute Gasteiger partial charge is 0.419 e. The van der Waals surface area contributed by atoms with Crippen LogP contribution in [0.15, 0.2) is 36.7 Å². The standard InChI is InChI=1S/C18H15F5N2O/c19-13-8-14(16(15(20)9-13)18(21,22)23)11-3-6-25(7-4-11)17(26)12-2-1-5-24-10-12/h1-2,5,8-11H,3-4,6-7H2. The monoisotopic (exact) mass is 370 g/mol. The first-order valence-corrected chi connectivity index (χ1v) is 8.03. The van der Waals surface area contributed by atoms with E-state index in [1.165, 1.54) is 17.3 Å². The third-order valence-electron chi connectivity index (χ3n) is 4.50. The van der Waals surface area contributed by atoms with Gasteiger partial charge < -0.3 is 4.90 Å². The number of hydrogen-bond donors (Lipinski definition) is 0. The van der Waals surface area contributed by atoms with Gasteiger partial charge in [0.2, 0.25) is 0 Å². The van der Waals surface area contributed by atoms with E-state index in [4.69, 9.17) is 0 Å². The molecule has 0 spiro atoms. The number of aromatic nitrogens is 1. The van der Waals surface area contributed by atoms with Gasteiger partial charge in [0.05, 0.1) is 11.1 Å². The van der Waals surface area contributed by atoms with Crippen LogP contribution in [-0.2, 0) is 6.18 Å². The summed E-state index contributed by atoms with van der Waals surface area (Å²) in [7, 11) is 0. The number of amides is 1. The van der Waals surface area contributed by atoms with Crippen molar-refractivity contribution in [1.29, 1.82) is 0 Å². The average Bonchev–Trinajstić information content (AvgIpc) is 2.60. The molecule has 2 heterocycles. The number of carbonyl (C=O) groups excluding carboxylic acids is 1. The van der Waals surface area contributed by atoms with Gasteiger partial charge in [-0.3, -0.25) is 9.78 Å². The van der Waals surface area contributed by atoms with Gasteiger partial charge in [-0.2, -0.15) is 13.2 Å². The van der Waals surface area contributed by atoms with E-state index in [2.05, 4.69) is 4.98 Å². The number of carbonyl (C=O) groups is 1. The van der Waals surface area contributed by atoms with E-state index >= 15 is 0 Å². The molecule has 0 unspecified atom stereocenters. The SMILES string of the molecule is O=C(c1cccnc1)N1CCC(c2cc(F)cc(F)c2C(F)(F)F)CC1. The minimum atomic E-state index is -4.91. The van der Waals surface area contributed by atoms with Crippen molar-refractivity contribution in [3.8, 4) is 0 Å². The Bertz CT molecular complexity index is 799. The summed E-state index contributed by atoms with van der Waals surface area (Å²) >= 11 is 0. The minimum absolute atomic E-state index is 0.192. The Hall–Kier alpha value is -2.51. The van der Waals surface area contributed by atoms with Crippen molar-refractivity contribution >= 4 is 5.91 Å². The highest BCUT2D eigenvalue weighted by molar-refractivity contribution is 5.93. The van der Waals surface area contributed by atoms with E-state index in [0.717, 1.165) is 6.07 Å². The zero-order chi connectivity index (χ0) is 18.9. The molecule has 1 aromatic carbocycles. The Kier molecular flexibility index (Phi) is 4.93. The van der Waals surface area contributed by atoms with Gasteiger partial charge in [-0.1, -0.05) is 0 Å². The lowest BCUT2D eigenvalue weighted by molar-refractivity contribution is -0.141. The molecule has 26 heavy (non-hydrogen) atoms. The van der Waals surface area contributed by atoms with Crippen LogP contribution >= 0.6 is 0 Å². The Labute approximate surface area is 146 Å². The van der Waals surface area contributed by atoms with E-state index < -0.39 is 29.3 Å². The summed E-state index contributed by atoms with van der Waals surface area (Å²) in [5, 5.41) is 0. The highest BCUT2D eigenvalue weighted by Gasteiger charge is 2.40. The lowest BCUT2D eigenvalue weighted by Gasteiger charge is -2.33. The number of piperidine rings is 1. The van der Waals surface area contributed by atoms with Crippen molar-refractivity contribution in [2.75, 3.05) is 13.1 Å². The summed E-state index contributed by atoms with van der Waals surface area (Å²) in [5.41, 5.74) is -1.42. The number of halogens is 5. The quantitative estimate of drug-likeness (QED) is 0.735. The molecule has 0 bridgehead atoms. The van der Waals surface area contributed by atoms with Crippen LogP contribution in [0.3, 0.4) is 0 Å². The Morgan fingerprint density at radius 2 is 1.85 bits per heavy atom. The Morgan fingerprint density at radius 3 is 2.42 bits per heavy atom. The Morgan fingerprint density at radius 1 is 1.15 bits per heavy atom. The highest BCUT2D eigenvalue weighted by Crippen LogP contribution is 2.40. The normalized spacial score (nSPS) is 16.0. The second-order valence-electron chi connectivity index (χ2n) is 6.16. The first kappa shape index (κ1) is 18.3. The summed E-state index contributed by atoms with van der Waals surface area (Å²) in [6.07, 6.45) is -1.58. The second kappa shape index (κ2) is 7.01. The zero-order valence-corrected chi connectivity index (χ0v) is 13.6. The van der Waals surface area contributed by atoms with Gasteiger partial charge in [0, 0.05) is 31.5 Å². The van der Waals surface area contributed by atoms with E-state index in [9.17, 15) is 26.7 Å². The molecule has 0 saturated carbocycles. The molecule has 3 rings (SSSR count).